The molecule has 5 heteroatoms. The quantitative estimate of drug-likeness (QED) is 0.594. The zero-order valence-electron chi connectivity index (χ0n) is 6.58. The molecule has 0 aliphatic carbocycles. The smallest absolute Gasteiger partial charge is 0.130 e. The van der Waals surface area contributed by atoms with Crippen LogP contribution in [-0.2, 0) is 0 Å². The number of hydrogen-bond donors (Lipinski definition) is 0. The molecule has 1 unspecified atom stereocenters. The minimum Gasteiger partial charge on any atom is -0.248 e. The van der Waals surface area contributed by atoms with Gasteiger partial charge in [0.1, 0.15) is 10.4 Å². The van der Waals surface area contributed by atoms with Crippen molar-refractivity contribution in [2.45, 2.75) is 10.4 Å². The molecule has 13 heavy (non-hydrogen) atoms. The van der Waals surface area contributed by atoms with Crippen LogP contribution in [0.15, 0.2) is 23.4 Å². The number of halogens is 2. The summed E-state index contributed by atoms with van der Waals surface area (Å²) in [5, 5.41) is 9.24. The van der Waals surface area contributed by atoms with Crippen LogP contribution in [0.1, 0.15) is 0 Å². The second-order valence-electron chi connectivity index (χ2n) is 2.20. The van der Waals surface area contributed by atoms with Crippen molar-refractivity contribution < 1.29 is 0 Å². The van der Waals surface area contributed by atoms with E-state index in [9.17, 15) is 0 Å². The van der Waals surface area contributed by atoms with E-state index in [4.69, 9.17) is 28.5 Å². The number of alkyl halides is 1. The van der Waals surface area contributed by atoms with E-state index in [0.29, 0.717) is 15.8 Å². The van der Waals surface area contributed by atoms with E-state index in [1.54, 1.807) is 18.3 Å². The van der Waals surface area contributed by atoms with Crippen molar-refractivity contribution in [2.24, 2.45) is 0 Å². The van der Waals surface area contributed by atoms with Crippen LogP contribution in [0.25, 0.3) is 0 Å². The maximum atomic E-state index is 8.43. The monoisotopic (exact) mass is 232 g/mol. The molecule has 0 amide bonds. The van der Waals surface area contributed by atoms with Gasteiger partial charge < -0.3 is 0 Å². The molecule has 1 atom stereocenters. The first-order valence-corrected chi connectivity index (χ1v) is 5.31. The molecular formula is C8H6Cl2N2S. The first-order valence-electron chi connectivity index (χ1n) is 3.51. The molecule has 0 aromatic carbocycles. The molecule has 1 aromatic heterocycles. The highest BCUT2D eigenvalue weighted by molar-refractivity contribution is 7.99. The zero-order chi connectivity index (χ0) is 9.68. The van der Waals surface area contributed by atoms with Crippen molar-refractivity contribution in [3.63, 3.8) is 0 Å². The summed E-state index contributed by atoms with van der Waals surface area (Å²) in [6.07, 6.45) is 1.66. The summed E-state index contributed by atoms with van der Waals surface area (Å²) in [5.74, 6) is 0.495. The van der Waals surface area contributed by atoms with Gasteiger partial charge in [-0.15, -0.1) is 23.4 Å². The molecule has 0 saturated heterocycles. The first kappa shape index (κ1) is 10.6. The van der Waals surface area contributed by atoms with Crippen molar-refractivity contribution in [1.29, 1.82) is 5.26 Å². The molecule has 1 heterocycles. The molecule has 0 radical (unpaired) electrons. The van der Waals surface area contributed by atoms with Crippen LogP contribution in [0.4, 0.5) is 0 Å². The molecule has 0 saturated carbocycles. The Hall–Kier alpha value is -0.430. The number of nitrogens with zero attached hydrogens (tertiary/aromatic N) is 2. The van der Waals surface area contributed by atoms with Gasteiger partial charge in [-0.25, -0.2) is 4.98 Å². The van der Waals surface area contributed by atoms with Crippen LogP contribution in [0.2, 0.25) is 5.02 Å². The van der Waals surface area contributed by atoms with Gasteiger partial charge in [-0.3, -0.25) is 0 Å². The van der Waals surface area contributed by atoms with E-state index in [1.165, 1.54) is 11.8 Å². The van der Waals surface area contributed by atoms with Crippen LogP contribution in [-0.4, -0.2) is 16.1 Å². The highest BCUT2D eigenvalue weighted by Gasteiger charge is 2.06. The third-order valence-electron chi connectivity index (χ3n) is 1.23. The largest absolute Gasteiger partial charge is 0.248 e. The topological polar surface area (TPSA) is 36.7 Å². The Morgan fingerprint density at radius 3 is 3.08 bits per heavy atom. The Kier molecular flexibility index (Phi) is 4.37. The maximum Gasteiger partial charge on any atom is 0.130 e. The van der Waals surface area contributed by atoms with Crippen molar-refractivity contribution in [3.05, 3.63) is 23.4 Å². The van der Waals surface area contributed by atoms with Gasteiger partial charge >= 0.3 is 0 Å². The van der Waals surface area contributed by atoms with Gasteiger partial charge in [-0.1, -0.05) is 11.6 Å². The third kappa shape index (κ3) is 3.43. The van der Waals surface area contributed by atoms with E-state index >= 15 is 0 Å². The molecule has 68 valence electrons. The number of rotatable bonds is 3. The molecule has 0 aliphatic heterocycles. The lowest BCUT2D eigenvalue weighted by Gasteiger charge is -2.01. The number of nitriles is 1. The Balaban J connectivity index is 2.56. The number of pyridine rings is 1. The predicted molar refractivity (Wildman–Crippen MR) is 55.2 cm³/mol. The summed E-state index contributed by atoms with van der Waals surface area (Å²) in [5.41, 5.74) is 0. The molecule has 2 nitrogen and oxygen atoms in total. The lowest BCUT2D eigenvalue weighted by molar-refractivity contribution is 1.13. The first-order chi connectivity index (χ1) is 6.24. The van der Waals surface area contributed by atoms with Crippen LogP contribution in [0, 0.1) is 11.3 Å². The minimum absolute atomic E-state index is 0.495. The molecule has 0 fully saturated rings. The Morgan fingerprint density at radius 1 is 1.69 bits per heavy atom. The van der Waals surface area contributed by atoms with Crippen molar-refractivity contribution in [2.75, 3.05) is 5.75 Å². The standard InChI is InChI=1S/C8H6Cl2N2S/c9-6(4-11)5-13-8-7(10)2-1-3-12-8/h1-3,6H,5H2. The summed E-state index contributed by atoms with van der Waals surface area (Å²) >= 11 is 12.8. The van der Waals surface area contributed by atoms with Gasteiger partial charge in [0.05, 0.1) is 11.1 Å². The molecule has 0 N–H and O–H groups in total. The SMILES string of the molecule is N#CC(Cl)CSc1ncccc1Cl. The van der Waals surface area contributed by atoms with Gasteiger partial charge in [0.15, 0.2) is 0 Å². The summed E-state index contributed by atoms with van der Waals surface area (Å²) in [6.45, 7) is 0. The predicted octanol–water partition coefficient (Wildman–Crippen LogP) is 2.96. The average molecular weight is 233 g/mol. The normalized spacial score (nSPS) is 12.1. The van der Waals surface area contributed by atoms with E-state index in [0.717, 1.165) is 0 Å². The van der Waals surface area contributed by atoms with E-state index in [1.807, 2.05) is 6.07 Å². The van der Waals surface area contributed by atoms with Crippen molar-refractivity contribution in [1.82, 2.24) is 4.98 Å². The van der Waals surface area contributed by atoms with Crippen LogP contribution >= 0.6 is 35.0 Å². The van der Waals surface area contributed by atoms with Gasteiger partial charge in [-0.2, -0.15) is 5.26 Å². The lowest BCUT2D eigenvalue weighted by Crippen LogP contribution is -1.97. The Morgan fingerprint density at radius 2 is 2.46 bits per heavy atom. The van der Waals surface area contributed by atoms with Gasteiger partial charge in [0.2, 0.25) is 0 Å². The van der Waals surface area contributed by atoms with Gasteiger partial charge in [0, 0.05) is 11.9 Å². The maximum absolute atomic E-state index is 8.43. The fourth-order valence-corrected chi connectivity index (χ4v) is 1.86. The van der Waals surface area contributed by atoms with Crippen LogP contribution in [0.5, 0.6) is 0 Å². The van der Waals surface area contributed by atoms with Crippen molar-refractivity contribution in [3.8, 4) is 6.07 Å². The third-order valence-corrected chi connectivity index (χ3v) is 3.18. The van der Waals surface area contributed by atoms with E-state index in [-0.39, 0.29) is 0 Å². The summed E-state index contributed by atoms with van der Waals surface area (Å²) < 4.78 is 0. The molecule has 1 aromatic rings. The molecule has 0 bridgehead atoms. The second-order valence-corrected chi connectivity index (χ2v) is 4.14. The lowest BCUT2D eigenvalue weighted by atomic mass is 10.5. The summed E-state index contributed by atoms with van der Waals surface area (Å²) in [4.78, 5) is 4.05. The van der Waals surface area contributed by atoms with Crippen LogP contribution in [0.3, 0.4) is 0 Å². The highest BCUT2D eigenvalue weighted by atomic mass is 35.5. The summed E-state index contributed by atoms with van der Waals surface area (Å²) in [7, 11) is 0. The number of hydrogen-bond acceptors (Lipinski definition) is 3. The summed E-state index contributed by atoms with van der Waals surface area (Å²) in [6, 6.07) is 5.44. The zero-order valence-corrected chi connectivity index (χ0v) is 8.90. The van der Waals surface area contributed by atoms with Gasteiger partial charge in [-0.05, 0) is 12.1 Å². The van der Waals surface area contributed by atoms with Crippen molar-refractivity contribution >= 4 is 35.0 Å². The minimum atomic E-state index is -0.497. The number of aromatic nitrogens is 1. The Bertz CT molecular complexity index is 324. The fraction of sp³-hybridized carbons (Fsp3) is 0.250. The number of thioether (sulfide) groups is 1. The van der Waals surface area contributed by atoms with E-state index < -0.39 is 5.38 Å². The molecule has 0 aliphatic rings. The average Bonchev–Trinajstić information content (AvgIpc) is 2.16. The van der Waals surface area contributed by atoms with Gasteiger partial charge in [0.25, 0.3) is 0 Å². The Labute approximate surface area is 90.9 Å². The molecular weight excluding hydrogens is 227 g/mol. The van der Waals surface area contributed by atoms with Crippen LogP contribution < -0.4 is 0 Å². The van der Waals surface area contributed by atoms with E-state index in [2.05, 4.69) is 4.98 Å². The fourth-order valence-electron chi connectivity index (χ4n) is 0.667. The second kappa shape index (κ2) is 5.33. The highest BCUT2D eigenvalue weighted by Crippen LogP contribution is 2.25. The molecule has 0 spiro atoms. The molecule has 1 rings (SSSR count).